The molecule has 0 bridgehead atoms. The van der Waals surface area contributed by atoms with Gasteiger partial charge in [-0.1, -0.05) is 20.8 Å². The number of aromatic nitrogens is 1. The summed E-state index contributed by atoms with van der Waals surface area (Å²) >= 11 is 1.45. The van der Waals surface area contributed by atoms with Gasteiger partial charge in [0.25, 0.3) is 5.91 Å². The van der Waals surface area contributed by atoms with Gasteiger partial charge in [0.1, 0.15) is 5.69 Å². The third kappa shape index (κ3) is 4.04. The molecular weight excluding hydrogens is 304 g/mol. The van der Waals surface area contributed by atoms with Crippen molar-refractivity contribution in [2.75, 3.05) is 13.2 Å². The van der Waals surface area contributed by atoms with Crippen molar-refractivity contribution in [2.24, 2.45) is 0 Å². The molecule has 0 spiro atoms. The van der Waals surface area contributed by atoms with Crippen LogP contribution in [0.1, 0.15) is 55.5 Å². The Kier molecular flexibility index (Phi) is 4.87. The first kappa shape index (κ1) is 16.9. The lowest BCUT2D eigenvalue weighted by molar-refractivity contribution is -0.139. The zero-order chi connectivity index (χ0) is 16.4. The molecule has 1 aliphatic heterocycles. The minimum Gasteiger partial charge on any atom is -0.481 e. The molecule has 0 atom stereocenters. The maximum absolute atomic E-state index is 12.4. The third-order valence-corrected chi connectivity index (χ3v) is 4.96. The number of carboxylic acid groups (broad SMARTS) is 1. The average Bonchev–Trinajstić information content (AvgIpc) is 2.88. The highest BCUT2D eigenvalue weighted by molar-refractivity contribution is 7.10. The SMILES string of the molecule is CC(C)(C)c1nc(C(=O)NC2(CC(=O)O)CCOCC2)cs1. The molecule has 2 heterocycles. The van der Waals surface area contributed by atoms with Gasteiger partial charge in [-0.2, -0.15) is 0 Å². The zero-order valence-electron chi connectivity index (χ0n) is 13.1. The monoisotopic (exact) mass is 326 g/mol. The summed E-state index contributed by atoms with van der Waals surface area (Å²) in [7, 11) is 0. The largest absolute Gasteiger partial charge is 0.481 e. The van der Waals surface area contributed by atoms with Crippen LogP contribution in [0.25, 0.3) is 0 Å². The van der Waals surface area contributed by atoms with Gasteiger partial charge in [-0.05, 0) is 12.8 Å². The van der Waals surface area contributed by atoms with Crippen molar-refractivity contribution in [3.63, 3.8) is 0 Å². The van der Waals surface area contributed by atoms with E-state index >= 15 is 0 Å². The van der Waals surface area contributed by atoms with E-state index in [1.807, 2.05) is 20.8 Å². The summed E-state index contributed by atoms with van der Waals surface area (Å²) < 4.78 is 5.28. The maximum Gasteiger partial charge on any atom is 0.305 e. The molecule has 0 unspecified atom stereocenters. The van der Waals surface area contributed by atoms with E-state index in [1.54, 1.807) is 5.38 Å². The quantitative estimate of drug-likeness (QED) is 0.885. The van der Waals surface area contributed by atoms with Crippen molar-refractivity contribution in [1.82, 2.24) is 10.3 Å². The molecule has 22 heavy (non-hydrogen) atoms. The molecule has 1 aromatic rings. The Bertz CT molecular complexity index is 556. The molecule has 7 heteroatoms. The predicted molar refractivity (Wildman–Crippen MR) is 83.3 cm³/mol. The smallest absolute Gasteiger partial charge is 0.305 e. The standard InChI is InChI=1S/C15H22N2O4S/c1-14(2,3)13-16-10(9-22-13)12(20)17-15(8-11(18)19)4-6-21-7-5-15/h9H,4-8H2,1-3H3,(H,17,20)(H,18,19). The second kappa shape index (κ2) is 6.34. The molecule has 1 aromatic heterocycles. The Labute approximate surface area is 133 Å². The van der Waals surface area contributed by atoms with Crippen molar-refractivity contribution in [3.05, 3.63) is 16.1 Å². The number of thiazole rings is 1. The number of hydrogen-bond acceptors (Lipinski definition) is 5. The molecule has 6 nitrogen and oxygen atoms in total. The lowest BCUT2D eigenvalue weighted by atomic mass is 9.86. The van der Waals surface area contributed by atoms with E-state index in [-0.39, 0.29) is 17.7 Å². The van der Waals surface area contributed by atoms with Gasteiger partial charge < -0.3 is 15.2 Å². The second-order valence-corrected chi connectivity index (χ2v) is 7.56. The van der Waals surface area contributed by atoms with Crippen LogP contribution >= 0.6 is 11.3 Å². The van der Waals surface area contributed by atoms with E-state index in [1.165, 1.54) is 11.3 Å². The number of carbonyl (C=O) groups excluding carboxylic acids is 1. The van der Waals surface area contributed by atoms with Crippen LogP contribution < -0.4 is 5.32 Å². The molecule has 1 saturated heterocycles. The molecule has 0 saturated carbocycles. The first-order valence-electron chi connectivity index (χ1n) is 7.30. The molecule has 1 fully saturated rings. The number of ether oxygens (including phenoxy) is 1. The number of rotatable bonds is 4. The third-order valence-electron chi connectivity index (χ3n) is 3.70. The first-order valence-corrected chi connectivity index (χ1v) is 8.18. The topological polar surface area (TPSA) is 88.5 Å². The van der Waals surface area contributed by atoms with E-state index < -0.39 is 11.5 Å². The molecular formula is C15H22N2O4S. The van der Waals surface area contributed by atoms with Crippen molar-refractivity contribution >= 4 is 23.2 Å². The number of amides is 1. The average molecular weight is 326 g/mol. The molecule has 0 aromatic carbocycles. The Morgan fingerprint density at radius 2 is 2.05 bits per heavy atom. The van der Waals surface area contributed by atoms with Crippen LogP contribution in [0.4, 0.5) is 0 Å². The first-order chi connectivity index (χ1) is 10.2. The van der Waals surface area contributed by atoms with Gasteiger partial charge in [0, 0.05) is 24.0 Å². The molecule has 2 rings (SSSR count). The highest BCUT2D eigenvalue weighted by Gasteiger charge is 2.37. The van der Waals surface area contributed by atoms with E-state index in [4.69, 9.17) is 9.84 Å². The fourth-order valence-corrected chi connectivity index (χ4v) is 3.31. The molecule has 122 valence electrons. The summed E-state index contributed by atoms with van der Waals surface area (Å²) in [4.78, 5) is 27.9. The maximum atomic E-state index is 12.4. The summed E-state index contributed by atoms with van der Waals surface area (Å²) in [5.74, 6) is -1.23. The van der Waals surface area contributed by atoms with E-state index in [0.717, 1.165) is 5.01 Å². The summed E-state index contributed by atoms with van der Waals surface area (Å²) in [6.07, 6.45) is 0.904. The van der Waals surface area contributed by atoms with Gasteiger partial charge in [-0.15, -0.1) is 11.3 Å². The minimum atomic E-state index is -0.921. The highest BCUT2D eigenvalue weighted by atomic mass is 32.1. The number of aliphatic carboxylic acids is 1. The Morgan fingerprint density at radius 3 is 2.55 bits per heavy atom. The van der Waals surface area contributed by atoms with E-state index in [2.05, 4.69) is 10.3 Å². The van der Waals surface area contributed by atoms with Crippen LogP contribution in [0.15, 0.2) is 5.38 Å². The van der Waals surface area contributed by atoms with Gasteiger partial charge in [-0.3, -0.25) is 9.59 Å². The summed E-state index contributed by atoms with van der Waals surface area (Å²) in [6, 6.07) is 0. The molecule has 1 aliphatic rings. The number of nitrogens with one attached hydrogen (secondary N) is 1. The van der Waals surface area contributed by atoms with Crippen molar-refractivity contribution in [3.8, 4) is 0 Å². The number of carboxylic acids is 1. The van der Waals surface area contributed by atoms with Crippen molar-refractivity contribution in [2.45, 2.75) is 51.0 Å². The Balaban J connectivity index is 2.14. The van der Waals surface area contributed by atoms with Crippen LogP contribution in [0.5, 0.6) is 0 Å². The van der Waals surface area contributed by atoms with Gasteiger partial charge in [0.05, 0.1) is 17.0 Å². The van der Waals surface area contributed by atoms with Gasteiger partial charge in [-0.25, -0.2) is 4.98 Å². The predicted octanol–water partition coefficient (Wildman–Crippen LogP) is 2.19. The Morgan fingerprint density at radius 1 is 1.41 bits per heavy atom. The van der Waals surface area contributed by atoms with Crippen LogP contribution in [-0.4, -0.2) is 40.7 Å². The van der Waals surface area contributed by atoms with E-state index in [0.29, 0.717) is 31.7 Å². The summed E-state index contributed by atoms with van der Waals surface area (Å²) in [5, 5.41) is 14.6. The fraction of sp³-hybridized carbons (Fsp3) is 0.667. The van der Waals surface area contributed by atoms with Gasteiger partial charge in [0.2, 0.25) is 0 Å². The lowest BCUT2D eigenvalue weighted by Crippen LogP contribution is -2.53. The molecule has 1 amide bonds. The number of carbonyl (C=O) groups is 2. The highest BCUT2D eigenvalue weighted by Crippen LogP contribution is 2.28. The molecule has 0 aliphatic carbocycles. The fourth-order valence-electron chi connectivity index (χ4n) is 2.42. The second-order valence-electron chi connectivity index (χ2n) is 6.71. The van der Waals surface area contributed by atoms with Crippen molar-refractivity contribution < 1.29 is 19.4 Å². The van der Waals surface area contributed by atoms with Crippen LogP contribution in [0, 0.1) is 0 Å². The van der Waals surface area contributed by atoms with Gasteiger partial charge in [0.15, 0.2) is 0 Å². The van der Waals surface area contributed by atoms with Crippen LogP contribution in [0.2, 0.25) is 0 Å². The van der Waals surface area contributed by atoms with E-state index in [9.17, 15) is 9.59 Å². The normalized spacial score (nSPS) is 18.0. The number of nitrogens with zero attached hydrogens (tertiary/aromatic N) is 1. The van der Waals surface area contributed by atoms with Crippen LogP contribution in [-0.2, 0) is 14.9 Å². The van der Waals surface area contributed by atoms with Crippen LogP contribution in [0.3, 0.4) is 0 Å². The lowest BCUT2D eigenvalue weighted by Gasteiger charge is -2.36. The number of hydrogen-bond donors (Lipinski definition) is 2. The van der Waals surface area contributed by atoms with Crippen molar-refractivity contribution in [1.29, 1.82) is 0 Å². The zero-order valence-corrected chi connectivity index (χ0v) is 14.0. The minimum absolute atomic E-state index is 0.0988. The molecule has 2 N–H and O–H groups in total. The Hall–Kier alpha value is -1.47. The summed E-state index contributed by atoms with van der Waals surface area (Å²) in [5.41, 5.74) is -0.501. The summed E-state index contributed by atoms with van der Waals surface area (Å²) in [6.45, 7) is 7.03. The van der Waals surface area contributed by atoms with Gasteiger partial charge >= 0.3 is 5.97 Å². The molecule has 0 radical (unpaired) electrons.